The van der Waals surface area contributed by atoms with Crippen molar-refractivity contribution in [3.63, 3.8) is 0 Å². The molecular weight excluding hydrogens is 593 g/mol. The first-order valence-corrected chi connectivity index (χ1v) is 16.4. The molecule has 0 aliphatic heterocycles. The number of alkyl halides is 1. The Morgan fingerprint density at radius 3 is 2.26 bits per heavy atom. The highest BCUT2D eigenvalue weighted by molar-refractivity contribution is 6.02. The number of anilines is 1. The SMILES string of the molecule is CCC(=O)OCC(=O)[C@@]1(OC(=O)CC)[C@@H](C)C[C@H]2[C@@H]3CCC4=CC(=O)C(C=O)C[C@]4(C)[C@@]3(F)[C@@H](O)C[C@@]21C.Cc1ccc(N)cc1. The molecule has 1 unspecified atom stereocenters. The molecule has 0 spiro atoms. The number of benzene rings is 1. The van der Waals surface area contributed by atoms with Crippen LogP contribution in [0, 0.1) is 41.4 Å². The number of ether oxygens (including phenoxy) is 2. The van der Waals surface area contributed by atoms with Gasteiger partial charge in [-0.3, -0.25) is 19.2 Å². The highest BCUT2D eigenvalue weighted by atomic mass is 19.1. The predicted molar refractivity (Wildman–Crippen MR) is 169 cm³/mol. The Bertz CT molecular complexity index is 1390. The van der Waals surface area contributed by atoms with Crippen molar-refractivity contribution < 1.29 is 42.9 Å². The van der Waals surface area contributed by atoms with E-state index in [0.717, 1.165) is 5.69 Å². The summed E-state index contributed by atoms with van der Waals surface area (Å²) >= 11 is 0. The number of halogens is 1. The summed E-state index contributed by atoms with van der Waals surface area (Å²) in [7, 11) is 0. The first kappa shape index (κ1) is 35.5. The van der Waals surface area contributed by atoms with Crippen molar-refractivity contribution in [2.24, 2.45) is 34.5 Å². The smallest absolute Gasteiger partial charge is 0.306 e. The number of aryl methyl sites for hydroxylation is 1. The molecule has 5 rings (SSSR count). The van der Waals surface area contributed by atoms with Gasteiger partial charge in [-0.1, -0.05) is 57.9 Å². The normalized spacial score (nSPS) is 37.7. The van der Waals surface area contributed by atoms with Crippen molar-refractivity contribution in [3.05, 3.63) is 41.5 Å². The highest BCUT2D eigenvalue weighted by Crippen LogP contribution is 2.72. The molecule has 1 aromatic carbocycles. The van der Waals surface area contributed by atoms with E-state index in [0.29, 0.717) is 31.1 Å². The van der Waals surface area contributed by atoms with Gasteiger partial charge in [0.05, 0.1) is 12.0 Å². The highest BCUT2D eigenvalue weighted by Gasteiger charge is 2.77. The zero-order valence-corrected chi connectivity index (χ0v) is 27.8. The predicted octanol–water partition coefficient (Wildman–Crippen LogP) is 5.04. The Kier molecular flexibility index (Phi) is 10.0. The lowest BCUT2D eigenvalue weighted by molar-refractivity contribution is -0.236. The molecule has 4 aliphatic rings. The first-order valence-electron chi connectivity index (χ1n) is 16.4. The number of aldehydes is 1. The fourth-order valence-corrected chi connectivity index (χ4v) is 9.16. The Hall–Kier alpha value is -3.40. The number of rotatable bonds is 7. The molecule has 3 saturated carbocycles. The van der Waals surface area contributed by atoms with Crippen molar-refractivity contribution in [2.45, 2.75) is 104 Å². The van der Waals surface area contributed by atoms with E-state index in [1.165, 1.54) is 11.6 Å². The van der Waals surface area contributed by atoms with E-state index >= 15 is 4.39 Å². The summed E-state index contributed by atoms with van der Waals surface area (Å²) in [5.41, 5.74) is 1.91. The second kappa shape index (κ2) is 13.0. The number of nitrogen functional groups attached to an aromatic ring is 1. The number of carbonyl (C=O) groups excluding carboxylic acids is 5. The standard InChI is InChI=1S/C29H39FO8.C7H9N/c1-6-24(35)37-15-23(34)29(38-25(36)7-2)16(3)10-20-19-9-8-18-11-21(32)17(14-31)12-26(18,4)28(19,30)22(33)13-27(20,29)5;1-6-2-4-7(8)5-3-6/h11,14,16-17,19-20,22,33H,6-10,12-13,15H2,1-5H3;2-5H,8H2,1H3/t16-,17?,19-,20-,22-,26-,27-,28-,29-;/m0./s1. The lowest BCUT2D eigenvalue weighted by Gasteiger charge is -2.64. The summed E-state index contributed by atoms with van der Waals surface area (Å²) in [6.45, 7) is 9.94. The van der Waals surface area contributed by atoms with Gasteiger partial charge < -0.3 is 25.1 Å². The number of aliphatic hydroxyl groups is 1. The Labute approximate surface area is 270 Å². The van der Waals surface area contributed by atoms with E-state index in [4.69, 9.17) is 15.2 Å². The summed E-state index contributed by atoms with van der Waals surface area (Å²) in [6.07, 6.45) is 1.45. The summed E-state index contributed by atoms with van der Waals surface area (Å²) in [5, 5.41) is 11.6. The number of fused-ring (bicyclic) bond motifs is 5. The molecule has 1 aromatic rings. The van der Waals surface area contributed by atoms with Gasteiger partial charge in [0.2, 0.25) is 5.78 Å². The monoisotopic (exact) mass is 641 g/mol. The number of Topliss-reactive ketones (excluding diaryl/α,β-unsaturated/α-hetero) is 1. The zero-order chi connectivity index (χ0) is 34.2. The molecule has 0 radical (unpaired) electrons. The minimum atomic E-state index is -2.15. The van der Waals surface area contributed by atoms with Gasteiger partial charge in [-0.25, -0.2) is 4.39 Å². The van der Waals surface area contributed by atoms with Gasteiger partial charge in [0.1, 0.15) is 12.0 Å². The number of aliphatic hydroxyl groups excluding tert-OH is 1. The summed E-state index contributed by atoms with van der Waals surface area (Å²) in [4.78, 5) is 62.5. The van der Waals surface area contributed by atoms with Crippen LogP contribution in [0.3, 0.4) is 0 Å². The first-order chi connectivity index (χ1) is 21.5. The van der Waals surface area contributed by atoms with Gasteiger partial charge in [-0.05, 0) is 63.2 Å². The number of hydrogen-bond acceptors (Lipinski definition) is 9. The molecule has 0 heterocycles. The van der Waals surface area contributed by atoms with Crippen LogP contribution in [0.5, 0.6) is 0 Å². The molecule has 46 heavy (non-hydrogen) atoms. The lowest BCUT2D eigenvalue weighted by Crippen LogP contribution is -2.70. The van der Waals surface area contributed by atoms with E-state index in [2.05, 4.69) is 0 Å². The number of esters is 2. The summed E-state index contributed by atoms with van der Waals surface area (Å²) in [6, 6.07) is 7.79. The minimum Gasteiger partial charge on any atom is -0.457 e. The van der Waals surface area contributed by atoms with Crippen LogP contribution in [-0.4, -0.2) is 58.9 Å². The van der Waals surface area contributed by atoms with Crippen LogP contribution in [-0.2, 0) is 33.4 Å². The van der Waals surface area contributed by atoms with Crippen LogP contribution < -0.4 is 5.73 Å². The van der Waals surface area contributed by atoms with Crippen LogP contribution in [0.2, 0.25) is 0 Å². The van der Waals surface area contributed by atoms with E-state index in [1.54, 1.807) is 34.6 Å². The van der Waals surface area contributed by atoms with Gasteiger partial charge in [0.15, 0.2) is 18.0 Å². The van der Waals surface area contributed by atoms with Crippen LogP contribution in [0.25, 0.3) is 0 Å². The van der Waals surface area contributed by atoms with Gasteiger partial charge in [0, 0.05) is 41.2 Å². The third kappa shape index (κ3) is 5.50. The summed E-state index contributed by atoms with van der Waals surface area (Å²) < 4.78 is 28.8. The zero-order valence-electron chi connectivity index (χ0n) is 27.8. The third-order valence-corrected chi connectivity index (χ3v) is 11.6. The average molecular weight is 642 g/mol. The quantitative estimate of drug-likeness (QED) is 0.181. The third-order valence-electron chi connectivity index (χ3n) is 11.6. The fraction of sp³-hybridized carbons (Fsp3) is 0.639. The maximum Gasteiger partial charge on any atom is 0.306 e. The molecule has 0 bridgehead atoms. The molecule has 0 aromatic heterocycles. The van der Waals surface area contributed by atoms with Crippen LogP contribution in [0.15, 0.2) is 35.9 Å². The van der Waals surface area contributed by atoms with Gasteiger partial charge in [0.25, 0.3) is 0 Å². The van der Waals surface area contributed by atoms with Crippen LogP contribution >= 0.6 is 0 Å². The maximum absolute atomic E-state index is 17.6. The molecule has 9 atom stereocenters. The molecule has 10 heteroatoms. The Morgan fingerprint density at radius 1 is 1.07 bits per heavy atom. The average Bonchev–Trinajstić information content (AvgIpc) is 3.24. The van der Waals surface area contributed by atoms with Crippen LogP contribution in [0.1, 0.15) is 85.1 Å². The molecule has 252 valence electrons. The molecule has 0 amide bonds. The van der Waals surface area contributed by atoms with Crippen LogP contribution in [0.4, 0.5) is 10.1 Å². The topological polar surface area (TPSA) is 150 Å². The van der Waals surface area contributed by atoms with E-state index < -0.39 is 76.2 Å². The summed E-state index contributed by atoms with van der Waals surface area (Å²) in [5.74, 6) is -4.69. The lowest BCUT2D eigenvalue weighted by atomic mass is 9.43. The number of carbonyl (C=O) groups is 5. The fourth-order valence-electron chi connectivity index (χ4n) is 9.16. The largest absolute Gasteiger partial charge is 0.457 e. The number of hydrogen-bond donors (Lipinski definition) is 2. The number of nitrogens with two attached hydrogens (primary N) is 1. The van der Waals surface area contributed by atoms with E-state index in [-0.39, 0.29) is 31.5 Å². The van der Waals surface area contributed by atoms with Gasteiger partial charge >= 0.3 is 11.9 Å². The molecule has 0 saturated heterocycles. The molecule has 3 N–H and O–H groups in total. The van der Waals surface area contributed by atoms with Crippen molar-refractivity contribution >= 4 is 35.5 Å². The number of allylic oxidation sites excluding steroid dienone is 1. The van der Waals surface area contributed by atoms with Crippen molar-refractivity contribution in [1.29, 1.82) is 0 Å². The molecule has 9 nitrogen and oxygen atoms in total. The second-order valence-corrected chi connectivity index (χ2v) is 14.1. The number of ketones is 2. The van der Waals surface area contributed by atoms with Crippen molar-refractivity contribution in [3.8, 4) is 0 Å². The maximum atomic E-state index is 17.6. The van der Waals surface area contributed by atoms with Gasteiger partial charge in [-0.15, -0.1) is 0 Å². The minimum absolute atomic E-state index is 0.0175. The Balaban J connectivity index is 0.000000523. The van der Waals surface area contributed by atoms with E-state index in [1.807, 2.05) is 31.2 Å². The molecule has 4 aliphatic carbocycles. The second-order valence-electron chi connectivity index (χ2n) is 14.1. The van der Waals surface area contributed by atoms with Crippen molar-refractivity contribution in [1.82, 2.24) is 0 Å². The Morgan fingerprint density at radius 2 is 1.70 bits per heavy atom. The molecular formula is C36H48FNO8. The molecule has 3 fully saturated rings. The van der Waals surface area contributed by atoms with E-state index in [9.17, 15) is 29.1 Å². The van der Waals surface area contributed by atoms with Crippen molar-refractivity contribution in [2.75, 3.05) is 12.3 Å². The van der Waals surface area contributed by atoms with Gasteiger partial charge in [-0.2, -0.15) is 0 Å².